The summed E-state index contributed by atoms with van der Waals surface area (Å²) < 4.78 is 35.8. The van der Waals surface area contributed by atoms with Gasteiger partial charge in [-0.05, 0) is 0 Å². The van der Waals surface area contributed by atoms with E-state index in [0.29, 0.717) is 0 Å². The Labute approximate surface area is 110 Å². The molecule has 0 saturated heterocycles. The molecule has 2 N–H and O–H groups in total. The largest absolute Gasteiger partial charge is 1.00 e. The fourth-order valence-electron chi connectivity index (χ4n) is 0.655. The standard InChI is InChI=1S/C5H5BF3N2.K/c7-6(8,9)4-1-5(10)3-11-2-4;/h1-3H,10H2;/q-1;+1. The van der Waals surface area contributed by atoms with Gasteiger partial charge < -0.3 is 18.7 Å². The third-order valence-electron chi connectivity index (χ3n) is 1.16. The minimum Gasteiger partial charge on any atom is -0.445 e. The van der Waals surface area contributed by atoms with E-state index < -0.39 is 12.4 Å². The molecule has 0 bridgehead atoms. The molecule has 1 aromatic rings. The molecule has 0 amide bonds. The average molecular weight is 200 g/mol. The molecule has 12 heavy (non-hydrogen) atoms. The molecule has 7 heteroatoms. The molecule has 0 aliphatic rings. The van der Waals surface area contributed by atoms with E-state index in [4.69, 9.17) is 5.73 Å². The third-order valence-corrected chi connectivity index (χ3v) is 1.16. The van der Waals surface area contributed by atoms with Crippen LogP contribution in [0.5, 0.6) is 0 Å². The number of nitrogens with zero attached hydrogens (tertiary/aromatic N) is 1. The van der Waals surface area contributed by atoms with E-state index in [1.807, 2.05) is 0 Å². The summed E-state index contributed by atoms with van der Waals surface area (Å²) in [4.78, 5) is 3.32. The molecule has 0 atom stereocenters. The van der Waals surface area contributed by atoms with Gasteiger partial charge in [-0.25, -0.2) is 0 Å². The van der Waals surface area contributed by atoms with Crippen LogP contribution < -0.4 is 62.6 Å². The van der Waals surface area contributed by atoms with Crippen LogP contribution in [0.1, 0.15) is 0 Å². The number of nitrogens with two attached hydrogens (primary N) is 1. The first kappa shape index (κ1) is 12.4. The van der Waals surface area contributed by atoms with Crippen molar-refractivity contribution in [1.29, 1.82) is 0 Å². The predicted octanol–water partition coefficient (Wildman–Crippen LogP) is -2.28. The average Bonchev–Trinajstić information content (AvgIpc) is 1.86. The van der Waals surface area contributed by atoms with Crippen LogP contribution in [0.25, 0.3) is 0 Å². The molecule has 1 heterocycles. The first-order valence-electron chi connectivity index (χ1n) is 2.90. The Hall–Kier alpha value is 0.441. The summed E-state index contributed by atoms with van der Waals surface area (Å²) in [5, 5.41) is 0. The SMILES string of the molecule is Nc1cncc([B-](F)(F)F)c1.[K+]. The summed E-state index contributed by atoms with van der Waals surface area (Å²) in [5.74, 6) is 0. The maximum Gasteiger partial charge on any atom is 1.00 e. The number of nitrogen functional groups attached to an aromatic ring is 1. The Bertz CT molecular complexity index is 265. The van der Waals surface area contributed by atoms with Crippen molar-refractivity contribution in [2.24, 2.45) is 0 Å². The fourth-order valence-corrected chi connectivity index (χ4v) is 0.655. The summed E-state index contributed by atoms with van der Waals surface area (Å²) in [6.07, 6.45) is 1.93. The van der Waals surface area contributed by atoms with E-state index in [0.717, 1.165) is 12.3 Å². The van der Waals surface area contributed by atoms with Gasteiger partial charge in [-0.1, -0.05) is 11.5 Å². The minimum absolute atomic E-state index is 0. The van der Waals surface area contributed by atoms with Crippen LogP contribution in [-0.4, -0.2) is 12.0 Å². The second kappa shape index (κ2) is 4.61. The van der Waals surface area contributed by atoms with Crippen LogP contribution >= 0.6 is 0 Å². The molecule has 0 saturated carbocycles. The number of hydrogen-bond acceptors (Lipinski definition) is 2. The van der Waals surface area contributed by atoms with Crippen molar-refractivity contribution in [2.75, 3.05) is 5.73 Å². The van der Waals surface area contributed by atoms with Gasteiger partial charge in [-0.15, -0.1) is 0 Å². The van der Waals surface area contributed by atoms with Crippen molar-refractivity contribution < 1.29 is 64.3 Å². The van der Waals surface area contributed by atoms with Crippen LogP contribution in [0.4, 0.5) is 18.6 Å². The molecule has 0 unspecified atom stereocenters. The van der Waals surface area contributed by atoms with E-state index in [1.165, 1.54) is 6.20 Å². The zero-order valence-corrected chi connectivity index (χ0v) is 9.59. The summed E-state index contributed by atoms with van der Waals surface area (Å²) >= 11 is 0. The van der Waals surface area contributed by atoms with Crippen molar-refractivity contribution in [3.8, 4) is 0 Å². The quantitative estimate of drug-likeness (QED) is 0.519. The normalized spacial score (nSPS) is 10.6. The first-order chi connectivity index (χ1) is 5.00. The second-order valence-electron chi connectivity index (χ2n) is 2.13. The Balaban J connectivity index is 0.00000121. The Kier molecular flexibility index (Phi) is 4.78. The summed E-state index contributed by atoms with van der Waals surface area (Å²) in [7, 11) is 0. The number of rotatable bonds is 1. The van der Waals surface area contributed by atoms with Crippen LogP contribution in [-0.2, 0) is 0 Å². The topological polar surface area (TPSA) is 38.9 Å². The number of pyridine rings is 1. The third kappa shape index (κ3) is 3.44. The monoisotopic (exact) mass is 200 g/mol. The number of hydrogen-bond donors (Lipinski definition) is 1. The molecule has 0 spiro atoms. The van der Waals surface area contributed by atoms with Gasteiger partial charge in [0.15, 0.2) is 0 Å². The van der Waals surface area contributed by atoms with Gasteiger partial charge in [0.05, 0.1) is 0 Å². The molecule has 0 aliphatic carbocycles. The first-order valence-corrected chi connectivity index (χ1v) is 2.90. The van der Waals surface area contributed by atoms with Crippen LogP contribution in [0, 0.1) is 0 Å². The van der Waals surface area contributed by atoms with Gasteiger partial charge in [-0.2, -0.15) is 0 Å². The number of anilines is 1. The van der Waals surface area contributed by atoms with Gasteiger partial charge in [-0.3, -0.25) is 4.98 Å². The number of aromatic nitrogens is 1. The molecule has 0 aromatic carbocycles. The fraction of sp³-hybridized carbons (Fsp3) is 0. The van der Waals surface area contributed by atoms with Crippen molar-refractivity contribution >= 4 is 18.1 Å². The predicted molar refractivity (Wildman–Crippen MR) is 37.4 cm³/mol. The molecular weight excluding hydrogens is 195 g/mol. The van der Waals surface area contributed by atoms with Crippen LogP contribution in [0.2, 0.25) is 0 Å². The second-order valence-corrected chi connectivity index (χ2v) is 2.13. The Morgan fingerprint density at radius 1 is 1.25 bits per heavy atom. The molecule has 60 valence electrons. The van der Waals surface area contributed by atoms with Gasteiger partial charge in [0.1, 0.15) is 0 Å². The zero-order chi connectivity index (χ0) is 8.48. The van der Waals surface area contributed by atoms with Gasteiger partial charge in [0.25, 0.3) is 0 Å². The molecule has 0 radical (unpaired) electrons. The van der Waals surface area contributed by atoms with E-state index in [9.17, 15) is 12.9 Å². The van der Waals surface area contributed by atoms with Crippen molar-refractivity contribution in [3.05, 3.63) is 18.5 Å². The van der Waals surface area contributed by atoms with Gasteiger partial charge in [0, 0.05) is 18.1 Å². The molecule has 2 nitrogen and oxygen atoms in total. The maximum absolute atomic E-state index is 11.9. The number of halogens is 3. The summed E-state index contributed by atoms with van der Waals surface area (Å²) in [5.41, 5.74) is 4.37. The van der Waals surface area contributed by atoms with Crippen LogP contribution in [0.15, 0.2) is 18.5 Å². The summed E-state index contributed by atoms with van der Waals surface area (Å²) in [6, 6.07) is 0.868. The van der Waals surface area contributed by atoms with Crippen LogP contribution in [0.3, 0.4) is 0 Å². The van der Waals surface area contributed by atoms with E-state index >= 15 is 0 Å². The molecular formula is C5H5BF3KN2. The molecule has 0 fully saturated rings. The minimum atomic E-state index is -4.97. The van der Waals surface area contributed by atoms with Crippen molar-refractivity contribution in [1.82, 2.24) is 4.98 Å². The van der Waals surface area contributed by atoms with Crippen molar-refractivity contribution in [3.63, 3.8) is 0 Å². The van der Waals surface area contributed by atoms with Gasteiger partial charge >= 0.3 is 58.4 Å². The maximum atomic E-state index is 11.9. The van der Waals surface area contributed by atoms with Crippen molar-refractivity contribution in [2.45, 2.75) is 0 Å². The Morgan fingerprint density at radius 3 is 2.17 bits per heavy atom. The molecule has 0 aliphatic heterocycles. The van der Waals surface area contributed by atoms with E-state index in [-0.39, 0.29) is 57.1 Å². The van der Waals surface area contributed by atoms with Gasteiger partial charge in [0.2, 0.25) is 0 Å². The smallest absolute Gasteiger partial charge is 0.445 e. The summed E-state index contributed by atoms with van der Waals surface area (Å²) in [6.45, 7) is -4.97. The molecule has 1 aromatic heterocycles. The zero-order valence-electron chi connectivity index (χ0n) is 6.47. The Morgan fingerprint density at radius 2 is 1.83 bits per heavy atom. The van der Waals surface area contributed by atoms with E-state index in [2.05, 4.69) is 4.98 Å². The molecule has 1 rings (SSSR count). The van der Waals surface area contributed by atoms with E-state index in [1.54, 1.807) is 0 Å².